The summed E-state index contributed by atoms with van der Waals surface area (Å²) in [7, 11) is 0. The maximum atomic E-state index is 12.1. The van der Waals surface area contributed by atoms with Crippen LogP contribution in [0.25, 0.3) is 0 Å². The highest BCUT2D eigenvalue weighted by Crippen LogP contribution is 2.12. The summed E-state index contributed by atoms with van der Waals surface area (Å²) in [4.78, 5) is 18.0. The molecule has 0 saturated carbocycles. The van der Waals surface area contributed by atoms with Crippen molar-refractivity contribution < 1.29 is 9.53 Å². The largest absolute Gasteiger partial charge is 0.444 e. The number of amides is 1. The summed E-state index contributed by atoms with van der Waals surface area (Å²) in [5, 5.41) is 3.05. The molecule has 6 nitrogen and oxygen atoms in total. The number of guanidine groups is 1. The molecule has 0 heterocycles. The van der Waals surface area contributed by atoms with Gasteiger partial charge in [0.25, 0.3) is 0 Å². The van der Waals surface area contributed by atoms with Crippen LogP contribution in [-0.4, -0.2) is 48.2 Å². The molecule has 0 aliphatic rings. The second-order valence-corrected chi connectivity index (χ2v) is 6.31. The molecule has 0 fully saturated rings. The fraction of sp³-hybridized carbons (Fsp3) is 0.867. The van der Waals surface area contributed by atoms with Crippen LogP contribution in [0.2, 0.25) is 0 Å². The summed E-state index contributed by atoms with van der Waals surface area (Å²) in [6, 6.07) is 0.103. The number of nitrogens with two attached hydrogens (primary N) is 1. The molecule has 3 N–H and O–H groups in total. The van der Waals surface area contributed by atoms with E-state index in [1.54, 1.807) is 4.90 Å². The van der Waals surface area contributed by atoms with Gasteiger partial charge >= 0.3 is 6.09 Å². The lowest BCUT2D eigenvalue weighted by molar-refractivity contribution is 0.0190. The lowest BCUT2D eigenvalue weighted by Crippen LogP contribution is -2.42. The van der Waals surface area contributed by atoms with Gasteiger partial charge in [-0.15, -0.1) is 24.0 Å². The number of carbonyl (C=O) groups excluding carboxylic acids is 1. The summed E-state index contributed by atoms with van der Waals surface area (Å²) in [6.07, 6.45) is 1.49. The number of aliphatic imine (C=N–C) groups is 1. The fourth-order valence-electron chi connectivity index (χ4n) is 1.63. The molecule has 0 unspecified atom stereocenters. The fourth-order valence-corrected chi connectivity index (χ4v) is 1.63. The van der Waals surface area contributed by atoms with Crippen molar-refractivity contribution in [3.8, 4) is 0 Å². The average Bonchev–Trinajstić information content (AvgIpc) is 2.33. The third-order valence-corrected chi connectivity index (χ3v) is 2.64. The molecule has 0 aromatic heterocycles. The Bertz CT molecular complexity index is 341. The van der Waals surface area contributed by atoms with Crippen LogP contribution >= 0.6 is 24.0 Å². The highest BCUT2D eigenvalue weighted by molar-refractivity contribution is 14.0. The Balaban J connectivity index is 0. The maximum Gasteiger partial charge on any atom is 0.410 e. The third-order valence-electron chi connectivity index (χ3n) is 2.64. The van der Waals surface area contributed by atoms with Crippen LogP contribution in [-0.2, 0) is 4.74 Å². The summed E-state index contributed by atoms with van der Waals surface area (Å²) < 4.78 is 5.41. The van der Waals surface area contributed by atoms with Crippen molar-refractivity contribution >= 4 is 36.0 Å². The monoisotopic (exact) mass is 428 g/mol. The number of rotatable bonds is 7. The van der Waals surface area contributed by atoms with Gasteiger partial charge < -0.3 is 20.7 Å². The quantitative estimate of drug-likeness (QED) is 0.283. The lowest BCUT2D eigenvalue weighted by Gasteiger charge is -2.30. The van der Waals surface area contributed by atoms with Crippen LogP contribution in [0, 0.1) is 0 Å². The third kappa shape index (κ3) is 11.9. The van der Waals surface area contributed by atoms with Gasteiger partial charge in [0.05, 0.1) is 0 Å². The Hall–Kier alpha value is -0.730. The van der Waals surface area contributed by atoms with E-state index < -0.39 is 5.60 Å². The van der Waals surface area contributed by atoms with Crippen LogP contribution in [0.4, 0.5) is 4.79 Å². The van der Waals surface area contributed by atoms with Gasteiger partial charge in [0.1, 0.15) is 5.60 Å². The molecule has 0 aliphatic carbocycles. The number of hydrogen-bond acceptors (Lipinski definition) is 3. The van der Waals surface area contributed by atoms with Gasteiger partial charge in [0.15, 0.2) is 5.96 Å². The van der Waals surface area contributed by atoms with E-state index in [9.17, 15) is 4.79 Å². The van der Waals surface area contributed by atoms with Gasteiger partial charge in [-0.3, -0.25) is 4.99 Å². The topological polar surface area (TPSA) is 80.0 Å². The van der Waals surface area contributed by atoms with Crippen molar-refractivity contribution in [2.45, 2.75) is 66.0 Å². The number of nitrogens with zero attached hydrogens (tertiary/aromatic N) is 2. The lowest BCUT2D eigenvalue weighted by atomic mass is 10.2. The molecule has 0 atom stereocenters. The molecule has 132 valence electrons. The first-order chi connectivity index (χ1) is 9.67. The summed E-state index contributed by atoms with van der Waals surface area (Å²) >= 11 is 0. The number of halogens is 1. The first-order valence-electron chi connectivity index (χ1n) is 7.70. The number of nitrogens with one attached hydrogen (secondary N) is 1. The SMILES string of the molecule is CCCN=C(N)NCCCN(C(=O)OC(C)(C)C)C(C)C.I. The second-order valence-electron chi connectivity index (χ2n) is 6.31. The van der Waals surface area contributed by atoms with Gasteiger partial charge in [-0.25, -0.2) is 4.79 Å². The number of carbonyl (C=O) groups is 1. The van der Waals surface area contributed by atoms with Crippen LogP contribution in [0.3, 0.4) is 0 Å². The zero-order chi connectivity index (χ0) is 16.5. The molecular formula is C15H33IN4O2. The molecule has 0 bridgehead atoms. The van der Waals surface area contributed by atoms with Crippen molar-refractivity contribution in [3.63, 3.8) is 0 Å². The Morgan fingerprint density at radius 1 is 1.36 bits per heavy atom. The molecule has 22 heavy (non-hydrogen) atoms. The highest BCUT2D eigenvalue weighted by atomic mass is 127. The standard InChI is InChI=1S/C15H32N4O2.HI/c1-7-9-17-13(16)18-10-8-11-19(12(2)3)14(20)21-15(4,5)6;/h12H,7-11H2,1-6H3,(H3,16,17,18);1H. The molecule has 0 spiro atoms. The first kappa shape index (κ1) is 23.5. The predicted octanol–water partition coefficient (Wildman–Crippen LogP) is 2.95. The molecule has 0 aromatic carbocycles. The van der Waals surface area contributed by atoms with Crippen LogP contribution in [0.15, 0.2) is 4.99 Å². The molecular weight excluding hydrogens is 395 g/mol. The van der Waals surface area contributed by atoms with Crippen molar-refractivity contribution in [1.82, 2.24) is 10.2 Å². The summed E-state index contributed by atoms with van der Waals surface area (Å²) in [6.45, 7) is 13.7. The van der Waals surface area contributed by atoms with Gasteiger partial charge in [-0.2, -0.15) is 0 Å². The second kappa shape index (κ2) is 11.8. The molecule has 0 radical (unpaired) electrons. The van der Waals surface area contributed by atoms with E-state index in [0.29, 0.717) is 19.0 Å². The number of hydrogen-bond donors (Lipinski definition) is 2. The zero-order valence-electron chi connectivity index (χ0n) is 14.8. The van der Waals surface area contributed by atoms with Crippen LogP contribution < -0.4 is 11.1 Å². The van der Waals surface area contributed by atoms with E-state index in [1.165, 1.54) is 0 Å². The molecule has 0 rings (SSSR count). The summed E-state index contributed by atoms with van der Waals surface area (Å²) in [5.74, 6) is 0.463. The van der Waals surface area contributed by atoms with Crippen molar-refractivity contribution in [2.75, 3.05) is 19.6 Å². The van der Waals surface area contributed by atoms with E-state index in [4.69, 9.17) is 10.5 Å². The Kier molecular flexibility index (Phi) is 12.6. The van der Waals surface area contributed by atoms with Gasteiger partial charge in [-0.1, -0.05) is 6.92 Å². The zero-order valence-corrected chi connectivity index (χ0v) is 17.1. The van der Waals surface area contributed by atoms with Gasteiger partial charge in [-0.05, 0) is 47.5 Å². The van der Waals surface area contributed by atoms with E-state index in [1.807, 2.05) is 34.6 Å². The molecule has 0 aliphatic heterocycles. The van der Waals surface area contributed by atoms with Crippen molar-refractivity contribution in [1.29, 1.82) is 0 Å². The van der Waals surface area contributed by atoms with E-state index in [0.717, 1.165) is 19.4 Å². The van der Waals surface area contributed by atoms with Gasteiger partial charge in [0.2, 0.25) is 0 Å². The predicted molar refractivity (Wildman–Crippen MR) is 103 cm³/mol. The Labute approximate surface area is 152 Å². The molecule has 7 heteroatoms. The molecule has 0 aromatic rings. The molecule has 1 amide bonds. The van der Waals surface area contributed by atoms with Crippen LogP contribution in [0.1, 0.15) is 54.4 Å². The van der Waals surface area contributed by atoms with E-state index in [2.05, 4.69) is 17.2 Å². The van der Waals surface area contributed by atoms with E-state index >= 15 is 0 Å². The van der Waals surface area contributed by atoms with Crippen molar-refractivity contribution in [2.24, 2.45) is 10.7 Å². The molecule has 0 saturated heterocycles. The minimum absolute atomic E-state index is 0. The van der Waals surface area contributed by atoms with Gasteiger partial charge in [0, 0.05) is 25.7 Å². The Morgan fingerprint density at radius 2 is 1.95 bits per heavy atom. The van der Waals surface area contributed by atoms with Crippen molar-refractivity contribution in [3.05, 3.63) is 0 Å². The van der Waals surface area contributed by atoms with E-state index in [-0.39, 0.29) is 36.1 Å². The first-order valence-corrected chi connectivity index (χ1v) is 7.70. The van der Waals surface area contributed by atoms with Crippen LogP contribution in [0.5, 0.6) is 0 Å². The average molecular weight is 428 g/mol. The highest BCUT2D eigenvalue weighted by Gasteiger charge is 2.23. The minimum atomic E-state index is -0.473. The maximum absolute atomic E-state index is 12.1. The number of ether oxygens (including phenoxy) is 1. The Morgan fingerprint density at radius 3 is 2.41 bits per heavy atom. The smallest absolute Gasteiger partial charge is 0.410 e. The summed E-state index contributed by atoms with van der Waals surface area (Å²) in [5.41, 5.74) is 5.24. The minimum Gasteiger partial charge on any atom is -0.444 e. The normalized spacial score (nSPS) is 11.9.